The standard InChI is InChI=1S/C25H26ClNO4S2/c1-2-30-23(28)14-4-3-9-15-27-24(29)22(33-25(27)32)16-18-10-6-8-13-21(18)31-17-19-11-5-7-12-20(19)26/h5-8,10-13,16H,2-4,9,14-15,17H2,1H3/b22-16+. The number of carbonyl (C=O) groups excluding carboxylic acids is 2. The van der Waals surface area contributed by atoms with Crippen LogP contribution in [-0.4, -0.2) is 34.2 Å². The van der Waals surface area contributed by atoms with E-state index in [9.17, 15) is 9.59 Å². The van der Waals surface area contributed by atoms with Crippen LogP contribution in [0.1, 0.15) is 43.7 Å². The van der Waals surface area contributed by atoms with E-state index in [0.717, 1.165) is 30.4 Å². The zero-order chi connectivity index (χ0) is 23.6. The van der Waals surface area contributed by atoms with Crippen LogP contribution in [0.25, 0.3) is 6.08 Å². The largest absolute Gasteiger partial charge is 0.488 e. The molecule has 0 aromatic heterocycles. The fraction of sp³-hybridized carbons (Fsp3) is 0.320. The van der Waals surface area contributed by atoms with E-state index in [1.54, 1.807) is 11.8 Å². The maximum absolute atomic E-state index is 12.9. The molecule has 0 atom stereocenters. The third-order valence-corrected chi connectivity index (χ3v) is 6.73. The molecule has 0 unspecified atom stereocenters. The van der Waals surface area contributed by atoms with Crippen molar-refractivity contribution in [3.05, 3.63) is 69.6 Å². The van der Waals surface area contributed by atoms with Crippen molar-refractivity contribution in [1.82, 2.24) is 4.90 Å². The van der Waals surface area contributed by atoms with Crippen LogP contribution in [0.2, 0.25) is 5.02 Å². The third kappa shape index (κ3) is 7.32. The van der Waals surface area contributed by atoms with Gasteiger partial charge in [0.05, 0.1) is 11.5 Å². The van der Waals surface area contributed by atoms with Crippen molar-refractivity contribution in [3.63, 3.8) is 0 Å². The molecule has 0 saturated carbocycles. The SMILES string of the molecule is CCOC(=O)CCCCCN1C(=O)/C(=C\c2ccccc2OCc2ccccc2Cl)SC1=S. The molecule has 1 amide bonds. The molecule has 0 spiro atoms. The van der Waals surface area contributed by atoms with Gasteiger partial charge in [0.2, 0.25) is 0 Å². The molecule has 0 N–H and O–H groups in total. The van der Waals surface area contributed by atoms with Crippen molar-refractivity contribution in [3.8, 4) is 5.75 Å². The van der Waals surface area contributed by atoms with Crippen molar-refractivity contribution in [1.29, 1.82) is 0 Å². The molecule has 33 heavy (non-hydrogen) atoms. The van der Waals surface area contributed by atoms with Gasteiger partial charge in [-0.25, -0.2) is 0 Å². The monoisotopic (exact) mass is 503 g/mol. The summed E-state index contributed by atoms with van der Waals surface area (Å²) in [5.41, 5.74) is 1.70. The molecule has 1 aliphatic rings. The Kier molecular flexibility index (Phi) is 9.78. The molecule has 8 heteroatoms. The zero-order valence-corrected chi connectivity index (χ0v) is 20.8. The summed E-state index contributed by atoms with van der Waals surface area (Å²) in [6.45, 7) is 3.06. The highest BCUT2D eigenvalue weighted by Gasteiger charge is 2.31. The van der Waals surface area contributed by atoms with Gasteiger partial charge in [0.15, 0.2) is 0 Å². The summed E-state index contributed by atoms with van der Waals surface area (Å²) in [5.74, 6) is 0.388. The van der Waals surface area contributed by atoms with Gasteiger partial charge in [-0.15, -0.1) is 0 Å². The lowest BCUT2D eigenvalue weighted by atomic mass is 10.1. The van der Waals surface area contributed by atoms with Crippen molar-refractivity contribution >= 4 is 57.9 Å². The van der Waals surface area contributed by atoms with Gasteiger partial charge >= 0.3 is 5.97 Å². The van der Waals surface area contributed by atoms with Crippen molar-refractivity contribution < 1.29 is 19.1 Å². The first kappa shape index (κ1) is 25.3. The molecule has 3 rings (SSSR count). The predicted molar refractivity (Wildman–Crippen MR) is 137 cm³/mol. The number of amides is 1. The van der Waals surface area contributed by atoms with E-state index in [1.165, 1.54) is 11.8 Å². The number of benzene rings is 2. The molecule has 1 fully saturated rings. The van der Waals surface area contributed by atoms with Crippen molar-refractivity contribution in [2.24, 2.45) is 0 Å². The number of halogens is 1. The number of rotatable bonds is 11. The number of nitrogens with zero attached hydrogens (tertiary/aromatic N) is 1. The normalized spacial score (nSPS) is 14.7. The van der Waals surface area contributed by atoms with E-state index < -0.39 is 0 Å². The molecule has 174 valence electrons. The number of hydrogen-bond acceptors (Lipinski definition) is 6. The van der Waals surface area contributed by atoms with Gasteiger partial charge in [0, 0.05) is 29.1 Å². The Morgan fingerprint density at radius 3 is 2.67 bits per heavy atom. The van der Waals surface area contributed by atoms with E-state index in [0.29, 0.717) is 46.2 Å². The van der Waals surface area contributed by atoms with E-state index in [4.69, 9.17) is 33.3 Å². The fourth-order valence-electron chi connectivity index (χ4n) is 3.29. The molecular formula is C25H26ClNO4S2. The van der Waals surface area contributed by atoms with Gasteiger partial charge in [-0.3, -0.25) is 14.5 Å². The number of thiocarbonyl (C=S) groups is 1. The number of para-hydroxylation sites is 1. The lowest BCUT2D eigenvalue weighted by molar-refractivity contribution is -0.143. The molecule has 1 saturated heterocycles. The lowest BCUT2D eigenvalue weighted by Gasteiger charge is -2.14. The first-order chi connectivity index (χ1) is 16.0. The summed E-state index contributed by atoms with van der Waals surface area (Å²) in [5, 5.41) is 0.651. The molecule has 0 bridgehead atoms. The summed E-state index contributed by atoms with van der Waals surface area (Å²) in [4.78, 5) is 26.5. The highest BCUT2D eigenvalue weighted by Crippen LogP contribution is 2.34. The number of ether oxygens (including phenoxy) is 2. The van der Waals surface area contributed by atoms with Crippen LogP contribution in [0.4, 0.5) is 0 Å². The molecule has 0 aliphatic carbocycles. The van der Waals surface area contributed by atoms with Crippen LogP contribution in [0, 0.1) is 0 Å². The van der Waals surface area contributed by atoms with Crippen LogP contribution < -0.4 is 4.74 Å². The van der Waals surface area contributed by atoms with Crippen molar-refractivity contribution in [2.75, 3.05) is 13.2 Å². The second-order valence-corrected chi connectivity index (χ2v) is 9.45. The number of esters is 1. The Labute approximate surface area is 209 Å². The van der Waals surface area contributed by atoms with Gasteiger partial charge in [-0.05, 0) is 38.0 Å². The third-order valence-electron chi connectivity index (χ3n) is 4.99. The van der Waals surface area contributed by atoms with Crippen LogP contribution in [0.3, 0.4) is 0 Å². The van der Waals surface area contributed by atoms with E-state index in [-0.39, 0.29) is 11.9 Å². The Bertz CT molecular complexity index is 1040. The molecule has 2 aromatic rings. The first-order valence-corrected chi connectivity index (χ1v) is 12.5. The van der Waals surface area contributed by atoms with Crippen LogP contribution >= 0.6 is 35.6 Å². The second kappa shape index (κ2) is 12.8. The quantitative estimate of drug-likeness (QED) is 0.156. The van der Waals surface area contributed by atoms with E-state index in [1.807, 2.05) is 54.6 Å². The van der Waals surface area contributed by atoms with E-state index in [2.05, 4.69) is 0 Å². The minimum atomic E-state index is -0.179. The Morgan fingerprint density at radius 1 is 1.12 bits per heavy atom. The molecule has 2 aromatic carbocycles. The molecule has 1 aliphatic heterocycles. The summed E-state index contributed by atoms with van der Waals surface area (Å²) in [7, 11) is 0. The second-order valence-electron chi connectivity index (χ2n) is 7.37. The van der Waals surface area contributed by atoms with Gasteiger partial charge in [0.25, 0.3) is 5.91 Å². The highest BCUT2D eigenvalue weighted by molar-refractivity contribution is 8.26. The Hall–Kier alpha value is -2.35. The minimum Gasteiger partial charge on any atom is -0.488 e. The predicted octanol–water partition coefficient (Wildman–Crippen LogP) is 6.24. The van der Waals surface area contributed by atoms with Crippen LogP contribution in [0.15, 0.2) is 53.4 Å². The topological polar surface area (TPSA) is 55.8 Å². The highest BCUT2D eigenvalue weighted by atomic mass is 35.5. The van der Waals surface area contributed by atoms with Crippen LogP contribution in [-0.2, 0) is 20.9 Å². The minimum absolute atomic E-state index is 0.101. The summed E-state index contributed by atoms with van der Waals surface area (Å²) >= 11 is 13.0. The molecular weight excluding hydrogens is 478 g/mol. The molecule has 1 heterocycles. The smallest absolute Gasteiger partial charge is 0.305 e. The van der Waals surface area contributed by atoms with E-state index >= 15 is 0 Å². The van der Waals surface area contributed by atoms with Crippen molar-refractivity contribution in [2.45, 2.75) is 39.2 Å². The summed E-state index contributed by atoms with van der Waals surface area (Å²) in [6, 6.07) is 15.1. The Morgan fingerprint density at radius 2 is 1.88 bits per heavy atom. The molecule has 5 nitrogen and oxygen atoms in total. The van der Waals surface area contributed by atoms with Gasteiger partial charge in [-0.2, -0.15) is 0 Å². The fourth-order valence-corrected chi connectivity index (χ4v) is 4.78. The maximum atomic E-state index is 12.9. The zero-order valence-electron chi connectivity index (χ0n) is 18.4. The summed E-state index contributed by atoms with van der Waals surface area (Å²) in [6.07, 6.45) is 4.56. The maximum Gasteiger partial charge on any atom is 0.305 e. The van der Waals surface area contributed by atoms with Gasteiger partial charge in [0.1, 0.15) is 16.7 Å². The summed E-state index contributed by atoms with van der Waals surface area (Å²) < 4.78 is 11.5. The average Bonchev–Trinajstić information content (AvgIpc) is 3.06. The van der Waals surface area contributed by atoms with Crippen LogP contribution in [0.5, 0.6) is 5.75 Å². The van der Waals surface area contributed by atoms with Gasteiger partial charge < -0.3 is 9.47 Å². The molecule has 0 radical (unpaired) electrons. The first-order valence-electron chi connectivity index (χ1n) is 10.9. The number of carbonyl (C=O) groups is 2. The number of hydrogen-bond donors (Lipinski definition) is 0. The Balaban J connectivity index is 1.59. The number of thioether (sulfide) groups is 1. The van der Waals surface area contributed by atoms with Gasteiger partial charge in [-0.1, -0.05) is 78.4 Å². The lowest BCUT2D eigenvalue weighted by Crippen LogP contribution is -2.29. The average molecular weight is 504 g/mol. The number of unbranched alkanes of at least 4 members (excludes halogenated alkanes) is 2.